The first-order valence-electron chi connectivity index (χ1n) is 6.99. The molecule has 0 radical (unpaired) electrons. The predicted octanol–water partition coefficient (Wildman–Crippen LogP) is 2.59. The first kappa shape index (κ1) is 14.5. The van der Waals surface area contributed by atoms with E-state index in [-0.39, 0.29) is 0 Å². The highest BCUT2D eigenvalue weighted by Crippen LogP contribution is 2.21. The molecule has 0 aliphatic rings. The number of benzene rings is 1. The summed E-state index contributed by atoms with van der Waals surface area (Å²) in [4.78, 5) is 8.16. The molecule has 0 unspecified atom stereocenters. The van der Waals surface area contributed by atoms with E-state index in [2.05, 4.69) is 21.1 Å². The van der Waals surface area contributed by atoms with Gasteiger partial charge in [-0.3, -0.25) is 0 Å². The number of anilines is 1. The zero-order valence-corrected chi connectivity index (χ0v) is 12.5. The molecule has 3 aromatic rings. The van der Waals surface area contributed by atoms with E-state index in [0.717, 1.165) is 22.4 Å². The number of rotatable bonds is 3. The molecule has 3 rings (SSSR count). The number of imidazole rings is 1. The molecule has 2 N–H and O–H groups in total. The van der Waals surface area contributed by atoms with Gasteiger partial charge in [-0.1, -0.05) is 24.3 Å². The third-order valence-corrected chi connectivity index (χ3v) is 3.30. The van der Waals surface area contributed by atoms with Gasteiger partial charge in [-0.2, -0.15) is 10.4 Å². The van der Waals surface area contributed by atoms with Gasteiger partial charge in [0.1, 0.15) is 11.8 Å². The maximum atomic E-state index is 9.12. The fourth-order valence-electron chi connectivity index (χ4n) is 2.20. The van der Waals surface area contributed by atoms with Crippen LogP contribution in [-0.2, 0) is 0 Å². The van der Waals surface area contributed by atoms with Crippen LogP contribution in [0.25, 0.3) is 11.1 Å². The van der Waals surface area contributed by atoms with Crippen LogP contribution in [-0.4, -0.2) is 20.9 Å². The Balaban J connectivity index is 1.85. The van der Waals surface area contributed by atoms with E-state index in [0.29, 0.717) is 11.6 Å². The summed E-state index contributed by atoms with van der Waals surface area (Å²) in [5, 5.41) is 13.4. The predicted molar refractivity (Wildman–Crippen MR) is 88.8 cm³/mol. The molecule has 112 valence electrons. The quantitative estimate of drug-likeness (QED) is 0.752. The Hall–Kier alpha value is -3.46. The van der Waals surface area contributed by atoms with Crippen molar-refractivity contribution in [3.8, 4) is 17.2 Å². The molecule has 1 aromatic carbocycles. The molecular weight excluding hydrogens is 288 g/mol. The standard InChI is InChI=1S/C17H14N6/c1-12-11-23(17(19)22-12)21-10-13-4-6-14(7-5-13)15-3-2-8-20-16(15)9-18/h2-8,10-11H,1H3,(H2,19,22). The second-order valence-corrected chi connectivity index (χ2v) is 4.96. The number of pyridine rings is 1. The topological polar surface area (TPSA) is 92.9 Å². The van der Waals surface area contributed by atoms with Crippen molar-refractivity contribution in [3.05, 3.63) is 65.7 Å². The fraction of sp³-hybridized carbons (Fsp3) is 0.0588. The summed E-state index contributed by atoms with van der Waals surface area (Å²) >= 11 is 0. The van der Waals surface area contributed by atoms with Crippen LogP contribution in [0.2, 0.25) is 0 Å². The normalized spacial score (nSPS) is 10.8. The molecule has 0 atom stereocenters. The van der Waals surface area contributed by atoms with Crippen LogP contribution in [0.5, 0.6) is 0 Å². The van der Waals surface area contributed by atoms with Crippen molar-refractivity contribution >= 4 is 12.2 Å². The van der Waals surface area contributed by atoms with Crippen LogP contribution in [0, 0.1) is 18.3 Å². The molecular formula is C17H14N6. The van der Waals surface area contributed by atoms with E-state index >= 15 is 0 Å². The summed E-state index contributed by atoms with van der Waals surface area (Å²) in [5.41, 5.74) is 9.63. The third kappa shape index (κ3) is 3.09. The molecule has 0 spiro atoms. The summed E-state index contributed by atoms with van der Waals surface area (Å²) in [6.07, 6.45) is 5.07. The fourth-order valence-corrected chi connectivity index (χ4v) is 2.20. The summed E-state index contributed by atoms with van der Waals surface area (Å²) in [6.45, 7) is 1.86. The van der Waals surface area contributed by atoms with Gasteiger partial charge in [0.25, 0.3) is 0 Å². The SMILES string of the molecule is Cc1cn(N=Cc2ccc(-c3cccnc3C#N)cc2)c(N)n1. The van der Waals surface area contributed by atoms with Crippen molar-refractivity contribution in [3.63, 3.8) is 0 Å². The minimum Gasteiger partial charge on any atom is -0.368 e. The number of nitrogen functional groups attached to an aromatic ring is 1. The average Bonchev–Trinajstić information content (AvgIpc) is 2.91. The maximum Gasteiger partial charge on any atom is 0.221 e. The van der Waals surface area contributed by atoms with Crippen LogP contribution in [0.1, 0.15) is 17.0 Å². The lowest BCUT2D eigenvalue weighted by Gasteiger charge is -2.03. The first-order chi connectivity index (χ1) is 11.2. The molecule has 0 amide bonds. The summed E-state index contributed by atoms with van der Waals surface area (Å²) in [6, 6.07) is 13.5. The highest BCUT2D eigenvalue weighted by Gasteiger charge is 2.05. The van der Waals surface area contributed by atoms with Crippen LogP contribution < -0.4 is 5.73 Å². The number of nitriles is 1. The van der Waals surface area contributed by atoms with Gasteiger partial charge in [-0.15, -0.1) is 0 Å². The van der Waals surface area contributed by atoms with Crippen molar-refractivity contribution in [1.29, 1.82) is 5.26 Å². The lowest BCUT2D eigenvalue weighted by molar-refractivity contribution is 0.897. The monoisotopic (exact) mass is 302 g/mol. The van der Waals surface area contributed by atoms with Gasteiger partial charge in [0.2, 0.25) is 5.95 Å². The Morgan fingerprint density at radius 1 is 1.26 bits per heavy atom. The molecule has 23 heavy (non-hydrogen) atoms. The van der Waals surface area contributed by atoms with E-state index in [1.807, 2.05) is 43.3 Å². The van der Waals surface area contributed by atoms with Gasteiger partial charge in [0, 0.05) is 11.8 Å². The molecule has 6 heteroatoms. The molecule has 0 bridgehead atoms. The second kappa shape index (κ2) is 6.12. The average molecular weight is 302 g/mol. The van der Waals surface area contributed by atoms with Crippen LogP contribution >= 0.6 is 0 Å². The Bertz CT molecular complexity index is 900. The Kier molecular flexibility index (Phi) is 3.85. The molecule has 0 saturated carbocycles. The lowest BCUT2D eigenvalue weighted by Crippen LogP contribution is -1.97. The molecule has 2 heterocycles. The third-order valence-electron chi connectivity index (χ3n) is 3.30. The van der Waals surface area contributed by atoms with Crippen LogP contribution in [0.15, 0.2) is 53.9 Å². The Labute approximate surface area is 133 Å². The van der Waals surface area contributed by atoms with E-state index in [1.54, 1.807) is 18.6 Å². The van der Waals surface area contributed by atoms with Gasteiger partial charge >= 0.3 is 0 Å². The number of aryl methyl sites for hydroxylation is 1. The molecule has 0 aliphatic carbocycles. The highest BCUT2D eigenvalue weighted by molar-refractivity contribution is 5.81. The minimum absolute atomic E-state index is 0.351. The lowest BCUT2D eigenvalue weighted by atomic mass is 10.0. The van der Waals surface area contributed by atoms with Crippen molar-refractivity contribution in [2.75, 3.05) is 5.73 Å². The second-order valence-electron chi connectivity index (χ2n) is 4.96. The van der Waals surface area contributed by atoms with Crippen LogP contribution in [0.4, 0.5) is 5.95 Å². The summed E-state index contributed by atoms with van der Waals surface area (Å²) in [7, 11) is 0. The molecule has 2 aromatic heterocycles. The maximum absolute atomic E-state index is 9.12. The van der Waals surface area contributed by atoms with Crippen molar-refractivity contribution in [2.45, 2.75) is 6.92 Å². The molecule has 0 fully saturated rings. The highest BCUT2D eigenvalue weighted by atomic mass is 15.4. The van der Waals surface area contributed by atoms with Gasteiger partial charge in [-0.05, 0) is 30.2 Å². The number of hydrogen-bond donors (Lipinski definition) is 1. The van der Waals surface area contributed by atoms with Gasteiger partial charge < -0.3 is 5.73 Å². The first-order valence-corrected chi connectivity index (χ1v) is 6.99. The number of nitrogens with two attached hydrogens (primary N) is 1. The largest absolute Gasteiger partial charge is 0.368 e. The van der Waals surface area contributed by atoms with Gasteiger partial charge in [-0.25, -0.2) is 14.6 Å². The minimum atomic E-state index is 0.351. The van der Waals surface area contributed by atoms with E-state index in [4.69, 9.17) is 11.0 Å². The van der Waals surface area contributed by atoms with E-state index < -0.39 is 0 Å². The molecule has 0 aliphatic heterocycles. The number of aromatic nitrogens is 3. The van der Waals surface area contributed by atoms with E-state index in [1.165, 1.54) is 4.68 Å². The Morgan fingerprint density at radius 2 is 2.04 bits per heavy atom. The van der Waals surface area contributed by atoms with Gasteiger partial charge in [0.15, 0.2) is 0 Å². The summed E-state index contributed by atoms with van der Waals surface area (Å²) in [5.74, 6) is 0.351. The van der Waals surface area contributed by atoms with Crippen molar-refractivity contribution < 1.29 is 0 Å². The Morgan fingerprint density at radius 3 is 2.70 bits per heavy atom. The van der Waals surface area contributed by atoms with Crippen molar-refractivity contribution in [1.82, 2.24) is 14.6 Å². The van der Waals surface area contributed by atoms with Gasteiger partial charge in [0.05, 0.1) is 18.1 Å². The van der Waals surface area contributed by atoms with Crippen molar-refractivity contribution in [2.24, 2.45) is 5.10 Å². The van der Waals surface area contributed by atoms with Crippen LogP contribution in [0.3, 0.4) is 0 Å². The zero-order chi connectivity index (χ0) is 16.2. The zero-order valence-electron chi connectivity index (χ0n) is 12.5. The summed E-state index contributed by atoms with van der Waals surface area (Å²) < 4.78 is 1.53. The molecule has 6 nitrogen and oxygen atoms in total. The number of nitrogens with zero attached hydrogens (tertiary/aromatic N) is 5. The van der Waals surface area contributed by atoms with E-state index in [9.17, 15) is 0 Å². The number of hydrogen-bond acceptors (Lipinski definition) is 5. The molecule has 0 saturated heterocycles. The smallest absolute Gasteiger partial charge is 0.221 e.